The number of halogens is 2. The molecule has 2 amide bonds. The minimum atomic E-state index is -1.67. The van der Waals surface area contributed by atoms with Crippen LogP contribution in [0, 0.1) is 0 Å². The Morgan fingerprint density at radius 1 is 1.14 bits per heavy atom. The number of carbonyl (C=O) groups is 2. The van der Waals surface area contributed by atoms with Crippen molar-refractivity contribution < 1.29 is 19.1 Å². The van der Waals surface area contributed by atoms with Crippen LogP contribution in [0.1, 0.15) is 34.6 Å². The largest absolute Gasteiger partial charge is 0.387 e. The molecule has 0 aliphatic heterocycles. The SMILES string of the molecule is CNC(=O)c1ccc(Nc2cc(-c3cnn4cc(Cl)cnc34)ncc2C(=O)NC[C@@H](F)C(C)(C)O)cc1. The van der Waals surface area contributed by atoms with Gasteiger partial charge in [-0.2, -0.15) is 5.10 Å². The van der Waals surface area contributed by atoms with Gasteiger partial charge in [-0.05, 0) is 44.2 Å². The first-order valence-corrected chi connectivity index (χ1v) is 11.7. The first-order valence-electron chi connectivity index (χ1n) is 11.3. The molecule has 1 aromatic carbocycles. The molecule has 4 N–H and O–H groups in total. The number of amides is 2. The number of rotatable bonds is 8. The van der Waals surface area contributed by atoms with Crippen molar-refractivity contribution in [3.63, 3.8) is 0 Å². The van der Waals surface area contributed by atoms with E-state index in [1.54, 1.807) is 49.8 Å². The predicted molar refractivity (Wildman–Crippen MR) is 138 cm³/mol. The molecule has 0 bridgehead atoms. The Bertz CT molecular complexity index is 1450. The molecule has 0 unspecified atom stereocenters. The average Bonchev–Trinajstić information content (AvgIpc) is 3.29. The minimum absolute atomic E-state index is 0.148. The summed E-state index contributed by atoms with van der Waals surface area (Å²) in [6, 6.07) is 8.31. The van der Waals surface area contributed by atoms with E-state index in [0.717, 1.165) is 0 Å². The molecular weight excluding hydrogens is 501 g/mol. The molecule has 37 heavy (non-hydrogen) atoms. The van der Waals surface area contributed by atoms with Crippen LogP contribution in [0.4, 0.5) is 15.8 Å². The molecule has 0 aliphatic carbocycles. The summed E-state index contributed by atoms with van der Waals surface area (Å²) in [4.78, 5) is 33.6. The summed E-state index contributed by atoms with van der Waals surface area (Å²) in [7, 11) is 1.54. The number of hydrogen-bond donors (Lipinski definition) is 4. The van der Waals surface area contributed by atoms with Crippen LogP contribution in [0.15, 0.2) is 55.1 Å². The fourth-order valence-electron chi connectivity index (χ4n) is 3.45. The second-order valence-electron chi connectivity index (χ2n) is 8.83. The molecule has 0 saturated heterocycles. The van der Waals surface area contributed by atoms with Gasteiger partial charge in [-0.25, -0.2) is 13.9 Å². The lowest BCUT2D eigenvalue weighted by Crippen LogP contribution is -2.42. The van der Waals surface area contributed by atoms with Crippen LogP contribution in [0.25, 0.3) is 16.9 Å². The highest BCUT2D eigenvalue weighted by atomic mass is 35.5. The number of aromatic nitrogens is 4. The number of pyridine rings is 1. The van der Waals surface area contributed by atoms with Gasteiger partial charge in [-0.15, -0.1) is 0 Å². The lowest BCUT2D eigenvalue weighted by atomic mass is 10.0. The maximum Gasteiger partial charge on any atom is 0.255 e. The molecule has 4 rings (SSSR count). The highest BCUT2D eigenvalue weighted by Gasteiger charge is 2.27. The van der Waals surface area contributed by atoms with Crippen LogP contribution in [0.5, 0.6) is 0 Å². The lowest BCUT2D eigenvalue weighted by Gasteiger charge is -2.22. The number of hydrogen-bond acceptors (Lipinski definition) is 7. The molecule has 0 spiro atoms. The van der Waals surface area contributed by atoms with Gasteiger partial charge in [-0.1, -0.05) is 11.6 Å². The molecule has 12 heteroatoms. The number of nitrogens with zero attached hydrogens (tertiary/aromatic N) is 4. The van der Waals surface area contributed by atoms with Crippen molar-refractivity contribution in [2.24, 2.45) is 0 Å². The fraction of sp³-hybridized carbons (Fsp3) is 0.240. The zero-order valence-corrected chi connectivity index (χ0v) is 21.0. The number of carbonyl (C=O) groups excluding carboxylic acids is 2. The van der Waals surface area contributed by atoms with Gasteiger partial charge in [0.25, 0.3) is 11.8 Å². The Hall–Kier alpha value is -4.09. The molecule has 0 aliphatic rings. The molecule has 0 fully saturated rings. The van der Waals surface area contributed by atoms with Gasteiger partial charge in [0.15, 0.2) is 5.65 Å². The molecule has 1 atom stereocenters. The van der Waals surface area contributed by atoms with Gasteiger partial charge in [0.1, 0.15) is 6.17 Å². The van der Waals surface area contributed by atoms with E-state index < -0.39 is 17.7 Å². The summed E-state index contributed by atoms with van der Waals surface area (Å²) in [5.41, 5.74) is 1.58. The zero-order chi connectivity index (χ0) is 26.7. The van der Waals surface area contributed by atoms with E-state index in [0.29, 0.717) is 38.9 Å². The highest BCUT2D eigenvalue weighted by molar-refractivity contribution is 6.30. The standard InChI is InChI=1S/C25H25ClFN7O3/c1-25(2,37)21(27)12-31-24(36)18-10-29-19(17-11-32-34-13-15(26)9-30-22(17)34)8-20(18)33-16-6-4-14(5-7-16)23(35)28-3/h4-11,13,21,37H,12H2,1-3H3,(H,28,35)(H,29,33)(H,31,36)/t21-/m1/s1. The molecule has 3 aromatic heterocycles. The number of aliphatic hydroxyl groups is 1. The molecule has 0 radical (unpaired) electrons. The quantitative estimate of drug-likeness (QED) is 0.277. The molecule has 0 saturated carbocycles. The summed E-state index contributed by atoms with van der Waals surface area (Å²) < 4.78 is 15.8. The van der Waals surface area contributed by atoms with Crippen LogP contribution >= 0.6 is 11.6 Å². The maximum atomic E-state index is 14.2. The minimum Gasteiger partial charge on any atom is -0.387 e. The van der Waals surface area contributed by atoms with Gasteiger partial charge in [0.2, 0.25) is 0 Å². The number of alkyl halides is 1. The summed E-state index contributed by atoms with van der Waals surface area (Å²) in [5, 5.41) is 22.8. The van der Waals surface area contributed by atoms with Crippen molar-refractivity contribution in [1.82, 2.24) is 30.2 Å². The van der Waals surface area contributed by atoms with Crippen LogP contribution in [0.2, 0.25) is 5.02 Å². The van der Waals surface area contributed by atoms with Crippen LogP contribution in [-0.2, 0) is 0 Å². The third-order valence-corrected chi connectivity index (χ3v) is 5.81. The van der Waals surface area contributed by atoms with E-state index in [2.05, 4.69) is 31.0 Å². The second kappa shape index (κ2) is 10.5. The predicted octanol–water partition coefficient (Wildman–Crippen LogP) is 3.39. The van der Waals surface area contributed by atoms with E-state index in [9.17, 15) is 19.1 Å². The number of benzene rings is 1. The third kappa shape index (κ3) is 5.84. The third-order valence-electron chi connectivity index (χ3n) is 5.61. The Labute approximate surface area is 216 Å². The van der Waals surface area contributed by atoms with E-state index in [1.807, 2.05) is 0 Å². The molecule has 4 aromatic rings. The van der Waals surface area contributed by atoms with Crippen molar-refractivity contribution >= 4 is 40.4 Å². The highest BCUT2D eigenvalue weighted by Crippen LogP contribution is 2.29. The molecule has 3 heterocycles. The van der Waals surface area contributed by atoms with Crippen LogP contribution in [0.3, 0.4) is 0 Å². The number of anilines is 2. The van der Waals surface area contributed by atoms with Crippen molar-refractivity contribution in [2.75, 3.05) is 18.9 Å². The molecule has 192 valence electrons. The van der Waals surface area contributed by atoms with E-state index >= 15 is 0 Å². The monoisotopic (exact) mass is 525 g/mol. The lowest BCUT2D eigenvalue weighted by molar-refractivity contribution is -0.00177. The smallest absolute Gasteiger partial charge is 0.255 e. The summed E-state index contributed by atoms with van der Waals surface area (Å²) in [5.74, 6) is -0.814. The van der Waals surface area contributed by atoms with Crippen molar-refractivity contribution in [2.45, 2.75) is 25.6 Å². The topological polar surface area (TPSA) is 134 Å². The summed E-state index contributed by atoms with van der Waals surface area (Å²) in [6.45, 7) is 2.27. The van der Waals surface area contributed by atoms with Gasteiger partial charge < -0.3 is 21.1 Å². The van der Waals surface area contributed by atoms with Gasteiger partial charge in [-0.3, -0.25) is 14.6 Å². The first-order chi connectivity index (χ1) is 17.6. The normalized spacial score (nSPS) is 12.3. The van der Waals surface area contributed by atoms with Crippen molar-refractivity contribution in [3.8, 4) is 11.3 Å². The Kier molecular flexibility index (Phi) is 7.37. The number of fused-ring (bicyclic) bond motifs is 1. The Balaban J connectivity index is 1.69. The molecular formula is C25H25ClFN7O3. The fourth-order valence-corrected chi connectivity index (χ4v) is 3.59. The van der Waals surface area contributed by atoms with Gasteiger partial charge in [0.05, 0.1) is 52.1 Å². The molecule has 10 nitrogen and oxygen atoms in total. The van der Waals surface area contributed by atoms with Crippen LogP contribution < -0.4 is 16.0 Å². The van der Waals surface area contributed by atoms with E-state index in [4.69, 9.17) is 11.6 Å². The maximum absolute atomic E-state index is 14.2. The van der Waals surface area contributed by atoms with Crippen LogP contribution in [-0.4, -0.2) is 61.9 Å². The van der Waals surface area contributed by atoms with Crippen molar-refractivity contribution in [3.05, 3.63) is 71.3 Å². The Morgan fingerprint density at radius 2 is 1.86 bits per heavy atom. The summed E-state index contributed by atoms with van der Waals surface area (Å²) >= 11 is 6.00. The summed E-state index contributed by atoms with van der Waals surface area (Å²) in [6.07, 6.45) is 4.38. The first kappa shape index (κ1) is 26.0. The van der Waals surface area contributed by atoms with Gasteiger partial charge >= 0.3 is 0 Å². The zero-order valence-electron chi connectivity index (χ0n) is 20.3. The number of nitrogens with one attached hydrogen (secondary N) is 3. The average molecular weight is 526 g/mol. The van der Waals surface area contributed by atoms with Crippen molar-refractivity contribution in [1.29, 1.82) is 0 Å². The van der Waals surface area contributed by atoms with E-state index in [-0.39, 0.29) is 18.0 Å². The van der Waals surface area contributed by atoms with E-state index in [1.165, 1.54) is 30.8 Å². The second-order valence-corrected chi connectivity index (χ2v) is 9.26. The Morgan fingerprint density at radius 3 is 2.54 bits per heavy atom. The van der Waals surface area contributed by atoms with Gasteiger partial charge in [0, 0.05) is 30.7 Å².